The molecule has 1 heterocycles. The zero-order chi connectivity index (χ0) is 5.98. The van der Waals surface area contributed by atoms with Crippen molar-refractivity contribution in [1.82, 2.24) is 4.90 Å². The van der Waals surface area contributed by atoms with Crippen LogP contribution >= 0.6 is 0 Å². The van der Waals surface area contributed by atoms with Gasteiger partial charge >= 0.3 is 0 Å². The van der Waals surface area contributed by atoms with Crippen LogP contribution in [0.4, 0.5) is 0 Å². The molecule has 0 N–H and O–H groups in total. The summed E-state index contributed by atoms with van der Waals surface area (Å²) in [6.07, 6.45) is 4.07. The molecule has 0 amide bonds. The molecule has 1 aliphatic heterocycles. The summed E-state index contributed by atoms with van der Waals surface area (Å²) in [6, 6.07) is 0.726. The Bertz CT molecular complexity index is 60.8. The Hall–Kier alpha value is -0.0400. The molecule has 0 aromatic heterocycles. The zero-order valence-electron chi connectivity index (χ0n) is 5.56. The standard InChI is InChI=1S/C7H14N/c1-7-5-3-4-6-8(7)2/h7H,2-6H2,1H3/q-1/t7-/m0/s1. The van der Waals surface area contributed by atoms with Crippen molar-refractivity contribution in [2.24, 2.45) is 0 Å². The third-order valence-electron chi connectivity index (χ3n) is 1.94. The van der Waals surface area contributed by atoms with Gasteiger partial charge in [-0.25, -0.2) is 0 Å². The number of likely N-dealkylation sites (tertiary alicyclic amines) is 1. The number of nitrogens with zero attached hydrogens (tertiary/aromatic N) is 1. The second-order valence-corrected chi connectivity index (χ2v) is 2.66. The van der Waals surface area contributed by atoms with Crippen molar-refractivity contribution >= 4 is 0 Å². The summed E-state index contributed by atoms with van der Waals surface area (Å²) in [5.74, 6) is 0. The summed E-state index contributed by atoms with van der Waals surface area (Å²) >= 11 is 0. The maximum atomic E-state index is 3.91. The first-order chi connectivity index (χ1) is 3.80. The van der Waals surface area contributed by atoms with Crippen LogP contribution in [0.2, 0.25) is 0 Å². The largest absolute Gasteiger partial charge is 0.457 e. The van der Waals surface area contributed by atoms with Gasteiger partial charge in [0.25, 0.3) is 0 Å². The van der Waals surface area contributed by atoms with Crippen LogP contribution < -0.4 is 0 Å². The van der Waals surface area contributed by atoms with E-state index >= 15 is 0 Å². The monoisotopic (exact) mass is 112 g/mol. The van der Waals surface area contributed by atoms with Gasteiger partial charge < -0.3 is 4.90 Å². The molecule has 8 heavy (non-hydrogen) atoms. The molecule has 0 radical (unpaired) electrons. The van der Waals surface area contributed by atoms with Crippen LogP contribution in [0.3, 0.4) is 0 Å². The second-order valence-electron chi connectivity index (χ2n) is 2.66. The first kappa shape index (κ1) is 6.09. The van der Waals surface area contributed by atoms with Gasteiger partial charge in [-0.1, -0.05) is 13.3 Å². The van der Waals surface area contributed by atoms with Gasteiger partial charge in [0.1, 0.15) is 0 Å². The van der Waals surface area contributed by atoms with Crippen LogP contribution in [0.5, 0.6) is 0 Å². The molecular weight excluding hydrogens is 98.1 g/mol. The molecule has 1 rings (SSSR count). The first-order valence-corrected chi connectivity index (χ1v) is 3.38. The highest BCUT2D eigenvalue weighted by atomic mass is 15.1. The van der Waals surface area contributed by atoms with E-state index in [9.17, 15) is 0 Å². The summed E-state index contributed by atoms with van der Waals surface area (Å²) in [5, 5.41) is 0. The summed E-state index contributed by atoms with van der Waals surface area (Å²) < 4.78 is 0. The second kappa shape index (κ2) is 2.49. The Kier molecular flexibility index (Phi) is 1.90. The van der Waals surface area contributed by atoms with Gasteiger partial charge in [0, 0.05) is 0 Å². The van der Waals surface area contributed by atoms with Crippen LogP contribution in [-0.4, -0.2) is 17.5 Å². The molecule has 1 nitrogen and oxygen atoms in total. The Morgan fingerprint density at radius 2 is 2.25 bits per heavy atom. The van der Waals surface area contributed by atoms with Crippen molar-refractivity contribution in [3.8, 4) is 0 Å². The average Bonchev–Trinajstić information content (AvgIpc) is 1.77. The van der Waals surface area contributed by atoms with Crippen molar-refractivity contribution in [1.29, 1.82) is 0 Å². The highest BCUT2D eigenvalue weighted by Gasteiger charge is 2.07. The fourth-order valence-electron chi connectivity index (χ4n) is 1.16. The van der Waals surface area contributed by atoms with Crippen molar-refractivity contribution < 1.29 is 0 Å². The van der Waals surface area contributed by atoms with Gasteiger partial charge in [-0.15, -0.1) is 0 Å². The smallest absolute Gasteiger partial charge is 0.0214 e. The van der Waals surface area contributed by atoms with E-state index in [-0.39, 0.29) is 0 Å². The van der Waals surface area contributed by atoms with Gasteiger partial charge in [-0.3, -0.25) is 7.05 Å². The Labute approximate surface area is 51.7 Å². The fraction of sp³-hybridized carbons (Fsp3) is 0.857. The van der Waals surface area contributed by atoms with Gasteiger partial charge in [-0.2, -0.15) is 0 Å². The SMILES string of the molecule is [CH2-]N1CCCC[C@@H]1C. The van der Waals surface area contributed by atoms with E-state index in [0.29, 0.717) is 0 Å². The molecule has 1 saturated heterocycles. The summed E-state index contributed by atoms with van der Waals surface area (Å²) in [6.45, 7) is 3.44. The molecule has 0 spiro atoms. The number of hydrogen-bond acceptors (Lipinski definition) is 1. The van der Waals surface area contributed by atoms with Gasteiger partial charge in [0.2, 0.25) is 0 Å². The summed E-state index contributed by atoms with van der Waals surface area (Å²) in [7, 11) is 3.91. The number of rotatable bonds is 0. The third-order valence-corrected chi connectivity index (χ3v) is 1.94. The normalized spacial score (nSPS) is 33.0. The van der Waals surface area contributed by atoms with Gasteiger partial charge in [0.05, 0.1) is 0 Å². The molecule has 1 fully saturated rings. The maximum absolute atomic E-state index is 3.91. The molecule has 0 aromatic carbocycles. The van der Waals surface area contributed by atoms with Crippen LogP contribution in [-0.2, 0) is 0 Å². The molecule has 1 aliphatic rings. The quantitative estimate of drug-likeness (QED) is 0.431. The highest BCUT2D eigenvalue weighted by molar-refractivity contribution is 4.71. The van der Waals surface area contributed by atoms with E-state index in [2.05, 4.69) is 18.9 Å². The van der Waals surface area contributed by atoms with E-state index in [4.69, 9.17) is 0 Å². The number of piperidine rings is 1. The maximum Gasteiger partial charge on any atom is -0.0214 e. The highest BCUT2D eigenvalue weighted by Crippen LogP contribution is 2.13. The van der Waals surface area contributed by atoms with Crippen molar-refractivity contribution in [3.05, 3.63) is 7.05 Å². The van der Waals surface area contributed by atoms with Crippen molar-refractivity contribution in [2.75, 3.05) is 6.54 Å². The minimum atomic E-state index is 0.726. The minimum absolute atomic E-state index is 0.726. The number of hydrogen-bond donors (Lipinski definition) is 0. The molecule has 0 aromatic rings. The lowest BCUT2D eigenvalue weighted by Gasteiger charge is -2.36. The molecule has 1 atom stereocenters. The van der Waals surface area contributed by atoms with E-state index in [0.717, 1.165) is 6.04 Å². The fourth-order valence-corrected chi connectivity index (χ4v) is 1.16. The van der Waals surface area contributed by atoms with E-state index in [1.165, 1.54) is 25.8 Å². The van der Waals surface area contributed by atoms with Crippen LogP contribution in [0.15, 0.2) is 0 Å². The average molecular weight is 112 g/mol. The van der Waals surface area contributed by atoms with Crippen LogP contribution in [0, 0.1) is 7.05 Å². The summed E-state index contributed by atoms with van der Waals surface area (Å²) in [5.41, 5.74) is 0. The Balaban J connectivity index is 2.28. The van der Waals surface area contributed by atoms with Crippen molar-refractivity contribution in [2.45, 2.75) is 32.2 Å². The van der Waals surface area contributed by atoms with Gasteiger partial charge in [0.15, 0.2) is 0 Å². The van der Waals surface area contributed by atoms with E-state index < -0.39 is 0 Å². The lowest BCUT2D eigenvalue weighted by molar-refractivity contribution is 0.225. The van der Waals surface area contributed by atoms with Crippen molar-refractivity contribution in [3.63, 3.8) is 0 Å². The topological polar surface area (TPSA) is 3.24 Å². The predicted octanol–water partition coefficient (Wildman–Crippen LogP) is 1.65. The molecule has 0 bridgehead atoms. The predicted molar refractivity (Wildman–Crippen MR) is 35.4 cm³/mol. The minimum Gasteiger partial charge on any atom is -0.457 e. The third kappa shape index (κ3) is 1.22. The lowest BCUT2D eigenvalue weighted by Crippen LogP contribution is -2.31. The summed E-state index contributed by atoms with van der Waals surface area (Å²) in [4.78, 5) is 2.18. The Morgan fingerprint density at radius 3 is 2.62 bits per heavy atom. The lowest BCUT2D eigenvalue weighted by atomic mass is 10.1. The molecule has 0 unspecified atom stereocenters. The Morgan fingerprint density at radius 1 is 1.50 bits per heavy atom. The molecule has 1 heteroatoms. The molecule has 0 aliphatic carbocycles. The molecular formula is C7H14N-. The van der Waals surface area contributed by atoms with E-state index in [1.54, 1.807) is 0 Å². The van der Waals surface area contributed by atoms with Crippen LogP contribution in [0.1, 0.15) is 26.2 Å². The molecule has 0 saturated carbocycles. The zero-order valence-corrected chi connectivity index (χ0v) is 5.56. The van der Waals surface area contributed by atoms with Crippen LogP contribution in [0.25, 0.3) is 0 Å². The molecule has 48 valence electrons. The van der Waals surface area contributed by atoms with E-state index in [1.807, 2.05) is 0 Å². The first-order valence-electron chi connectivity index (χ1n) is 3.38. The van der Waals surface area contributed by atoms with Gasteiger partial charge in [-0.05, 0) is 25.4 Å².